The van der Waals surface area contributed by atoms with Gasteiger partial charge in [0.15, 0.2) is 0 Å². The van der Waals surface area contributed by atoms with Crippen LogP contribution >= 0.6 is 11.6 Å². The third-order valence-corrected chi connectivity index (χ3v) is 2.78. The van der Waals surface area contributed by atoms with Gasteiger partial charge in [-0.05, 0) is 12.5 Å². The van der Waals surface area contributed by atoms with Gasteiger partial charge in [0, 0.05) is 25.5 Å². The van der Waals surface area contributed by atoms with Gasteiger partial charge in [-0.3, -0.25) is 4.68 Å². The number of nitrogens with zero attached hydrogens (tertiary/aromatic N) is 4. The highest BCUT2D eigenvalue weighted by Crippen LogP contribution is 2.32. The van der Waals surface area contributed by atoms with Gasteiger partial charge < -0.3 is 5.32 Å². The summed E-state index contributed by atoms with van der Waals surface area (Å²) in [6.07, 6.45) is 0.321. The number of halogens is 4. The smallest absolute Gasteiger partial charge is 0.369 e. The van der Waals surface area contributed by atoms with Gasteiger partial charge in [0.1, 0.15) is 5.82 Å². The maximum atomic E-state index is 12.4. The SMILES string of the molecule is FC(F)(F)c1cnc(NCCCn2ccnn2)c(Cl)c1. The predicted octanol–water partition coefficient (Wildman–Crippen LogP) is 2.85. The van der Waals surface area contributed by atoms with Crippen molar-refractivity contribution >= 4 is 17.4 Å². The Labute approximate surface area is 117 Å². The molecule has 0 aliphatic rings. The van der Waals surface area contributed by atoms with E-state index in [0.717, 1.165) is 12.3 Å². The lowest BCUT2D eigenvalue weighted by Gasteiger charge is -2.10. The predicted molar refractivity (Wildman–Crippen MR) is 67.4 cm³/mol. The molecule has 0 unspecified atom stereocenters. The van der Waals surface area contributed by atoms with Crippen LogP contribution < -0.4 is 5.32 Å². The van der Waals surface area contributed by atoms with Crippen molar-refractivity contribution in [2.24, 2.45) is 0 Å². The van der Waals surface area contributed by atoms with E-state index in [1.807, 2.05) is 0 Å². The lowest BCUT2D eigenvalue weighted by atomic mass is 10.2. The maximum Gasteiger partial charge on any atom is 0.417 e. The summed E-state index contributed by atoms with van der Waals surface area (Å²) in [5, 5.41) is 10.3. The zero-order valence-electron chi connectivity index (χ0n) is 10.2. The van der Waals surface area contributed by atoms with Gasteiger partial charge in [0.25, 0.3) is 0 Å². The third-order valence-electron chi connectivity index (χ3n) is 2.50. The van der Waals surface area contributed by atoms with Crippen LogP contribution in [0, 0.1) is 0 Å². The molecule has 2 aromatic heterocycles. The lowest BCUT2D eigenvalue weighted by molar-refractivity contribution is -0.137. The number of hydrogen-bond acceptors (Lipinski definition) is 4. The van der Waals surface area contributed by atoms with E-state index in [2.05, 4.69) is 20.6 Å². The molecule has 1 N–H and O–H groups in total. The van der Waals surface area contributed by atoms with Crippen molar-refractivity contribution in [1.29, 1.82) is 0 Å². The topological polar surface area (TPSA) is 55.6 Å². The molecule has 0 saturated carbocycles. The molecule has 0 aromatic carbocycles. The number of hydrogen-bond donors (Lipinski definition) is 1. The quantitative estimate of drug-likeness (QED) is 0.863. The Morgan fingerprint density at radius 2 is 2.15 bits per heavy atom. The fraction of sp³-hybridized carbons (Fsp3) is 0.364. The summed E-state index contributed by atoms with van der Waals surface area (Å²) in [7, 11) is 0. The van der Waals surface area contributed by atoms with Crippen molar-refractivity contribution in [3.05, 3.63) is 35.2 Å². The molecule has 0 atom stereocenters. The Kier molecular flexibility index (Phi) is 4.43. The molecule has 20 heavy (non-hydrogen) atoms. The van der Waals surface area contributed by atoms with Gasteiger partial charge in [-0.15, -0.1) is 5.10 Å². The number of rotatable bonds is 5. The number of aryl methyl sites for hydroxylation is 1. The fourth-order valence-corrected chi connectivity index (χ4v) is 1.76. The summed E-state index contributed by atoms with van der Waals surface area (Å²) in [5.74, 6) is 0.234. The van der Waals surface area contributed by atoms with E-state index < -0.39 is 11.7 Å². The summed E-state index contributed by atoms with van der Waals surface area (Å²) in [5.41, 5.74) is -0.865. The number of nitrogens with one attached hydrogen (secondary N) is 1. The highest BCUT2D eigenvalue weighted by atomic mass is 35.5. The lowest BCUT2D eigenvalue weighted by Crippen LogP contribution is -2.10. The Balaban J connectivity index is 1.87. The van der Waals surface area contributed by atoms with Gasteiger partial charge in [0.2, 0.25) is 0 Å². The van der Waals surface area contributed by atoms with Crippen LogP contribution in [0.25, 0.3) is 0 Å². The molecule has 0 spiro atoms. The largest absolute Gasteiger partial charge is 0.417 e. The molecule has 108 valence electrons. The first kappa shape index (κ1) is 14.6. The molecule has 2 heterocycles. The zero-order chi connectivity index (χ0) is 14.6. The summed E-state index contributed by atoms with van der Waals surface area (Å²) < 4.78 is 38.9. The Bertz CT molecular complexity index is 556. The Morgan fingerprint density at radius 3 is 2.75 bits per heavy atom. The van der Waals surface area contributed by atoms with Gasteiger partial charge in [-0.25, -0.2) is 4.98 Å². The molecular weight excluding hydrogens is 295 g/mol. The van der Waals surface area contributed by atoms with Crippen molar-refractivity contribution in [1.82, 2.24) is 20.0 Å². The molecule has 5 nitrogen and oxygen atoms in total. The monoisotopic (exact) mass is 305 g/mol. The molecule has 0 amide bonds. The van der Waals surface area contributed by atoms with E-state index in [0.29, 0.717) is 19.5 Å². The highest BCUT2D eigenvalue weighted by molar-refractivity contribution is 6.32. The van der Waals surface area contributed by atoms with Crippen molar-refractivity contribution in [3.63, 3.8) is 0 Å². The standard InChI is InChI=1S/C11H11ClF3N5/c12-9-6-8(11(13,14)15)7-17-10(9)16-2-1-4-20-5-3-18-19-20/h3,5-7H,1-2,4H2,(H,16,17). The van der Waals surface area contributed by atoms with Crippen LogP contribution in [-0.4, -0.2) is 26.5 Å². The van der Waals surface area contributed by atoms with Crippen LogP contribution in [0.1, 0.15) is 12.0 Å². The second-order valence-electron chi connectivity index (χ2n) is 4.00. The van der Waals surface area contributed by atoms with E-state index in [1.54, 1.807) is 17.1 Å². The molecule has 0 saturated heterocycles. The molecule has 2 aromatic rings. The van der Waals surface area contributed by atoms with Crippen LogP contribution in [-0.2, 0) is 12.7 Å². The molecular formula is C11H11ClF3N5. The van der Waals surface area contributed by atoms with E-state index >= 15 is 0 Å². The van der Waals surface area contributed by atoms with Gasteiger partial charge in [0.05, 0.1) is 16.8 Å². The van der Waals surface area contributed by atoms with Crippen molar-refractivity contribution in [3.8, 4) is 0 Å². The van der Waals surface area contributed by atoms with E-state index in [-0.39, 0.29) is 10.8 Å². The average molecular weight is 306 g/mol. The molecule has 0 radical (unpaired) electrons. The van der Waals surface area contributed by atoms with Crippen LogP contribution in [0.5, 0.6) is 0 Å². The highest BCUT2D eigenvalue weighted by Gasteiger charge is 2.31. The third kappa shape index (κ3) is 3.83. The Hall–Kier alpha value is -1.83. The zero-order valence-corrected chi connectivity index (χ0v) is 11.0. The van der Waals surface area contributed by atoms with Crippen molar-refractivity contribution < 1.29 is 13.2 Å². The fourth-order valence-electron chi connectivity index (χ4n) is 1.52. The van der Waals surface area contributed by atoms with Crippen LogP contribution in [0.3, 0.4) is 0 Å². The van der Waals surface area contributed by atoms with Crippen molar-refractivity contribution in [2.75, 3.05) is 11.9 Å². The van der Waals surface area contributed by atoms with E-state index in [4.69, 9.17) is 11.6 Å². The first-order valence-electron chi connectivity index (χ1n) is 5.77. The maximum absolute atomic E-state index is 12.4. The minimum Gasteiger partial charge on any atom is -0.369 e. The summed E-state index contributed by atoms with van der Waals surface area (Å²) in [4.78, 5) is 3.68. The number of alkyl halides is 3. The first-order chi connectivity index (χ1) is 9.47. The normalized spacial score (nSPS) is 11.6. The second-order valence-corrected chi connectivity index (χ2v) is 4.41. The molecule has 2 rings (SSSR count). The molecule has 9 heteroatoms. The van der Waals surface area contributed by atoms with Crippen LogP contribution in [0.15, 0.2) is 24.7 Å². The second kappa shape index (κ2) is 6.08. The summed E-state index contributed by atoms with van der Waals surface area (Å²) in [6.45, 7) is 1.16. The molecule has 0 bridgehead atoms. The number of anilines is 1. The minimum absolute atomic E-state index is 0.0550. The van der Waals surface area contributed by atoms with Crippen LogP contribution in [0.2, 0.25) is 5.02 Å². The van der Waals surface area contributed by atoms with Crippen LogP contribution in [0.4, 0.5) is 19.0 Å². The summed E-state index contributed by atoms with van der Waals surface area (Å²) in [6, 6.07) is 0.855. The van der Waals surface area contributed by atoms with E-state index in [9.17, 15) is 13.2 Å². The minimum atomic E-state index is -4.44. The first-order valence-corrected chi connectivity index (χ1v) is 6.15. The number of pyridine rings is 1. The number of aromatic nitrogens is 4. The average Bonchev–Trinajstić information content (AvgIpc) is 2.88. The molecule has 0 aliphatic heterocycles. The van der Waals surface area contributed by atoms with Gasteiger partial charge >= 0.3 is 6.18 Å². The molecule has 0 aliphatic carbocycles. The van der Waals surface area contributed by atoms with Crippen molar-refractivity contribution in [2.45, 2.75) is 19.1 Å². The van der Waals surface area contributed by atoms with Gasteiger partial charge in [-0.1, -0.05) is 16.8 Å². The summed E-state index contributed by atoms with van der Waals surface area (Å²) >= 11 is 5.76. The molecule has 0 fully saturated rings. The van der Waals surface area contributed by atoms with Gasteiger partial charge in [-0.2, -0.15) is 13.2 Å². The van der Waals surface area contributed by atoms with E-state index in [1.165, 1.54) is 0 Å². The Morgan fingerprint density at radius 1 is 1.35 bits per heavy atom.